The molecule has 9 nitrogen and oxygen atoms in total. The highest BCUT2D eigenvalue weighted by Gasteiger charge is 2.18. The zero-order valence-corrected chi connectivity index (χ0v) is 12.6. The van der Waals surface area contributed by atoms with Gasteiger partial charge in [0, 0.05) is 6.07 Å². The minimum atomic E-state index is -0.785. The summed E-state index contributed by atoms with van der Waals surface area (Å²) in [5.74, 6) is -0.202. The van der Waals surface area contributed by atoms with Crippen molar-refractivity contribution in [3.05, 3.63) is 63.2 Å². The Morgan fingerprint density at radius 1 is 1.33 bits per heavy atom. The second-order valence-corrected chi connectivity index (χ2v) is 4.88. The summed E-state index contributed by atoms with van der Waals surface area (Å²) in [6.07, 6.45) is 1.45. The van der Waals surface area contributed by atoms with E-state index in [2.05, 4.69) is 10.2 Å². The summed E-state index contributed by atoms with van der Waals surface area (Å²) in [6.45, 7) is -0.289. The molecule has 0 aliphatic heterocycles. The lowest BCUT2D eigenvalue weighted by atomic mass is 10.2. The minimum Gasteiger partial charge on any atom is -0.459 e. The number of carbonyl (C=O) groups excluding carboxylic acids is 1. The molecule has 1 aromatic carbocycles. The number of ether oxygens (including phenoxy) is 1. The lowest BCUT2D eigenvalue weighted by Gasteiger charge is -2.02. The van der Waals surface area contributed by atoms with Gasteiger partial charge in [0.1, 0.15) is 5.02 Å². The van der Waals surface area contributed by atoms with Gasteiger partial charge in [0.2, 0.25) is 0 Å². The number of furan rings is 1. The maximum atomic E-state index is 11.9. The maximum Gasteiger partial charge on any atom is 0.338 e. The van der Waals surface area contributed by atoms with E-state index in [9.17, 15) is 14.9 Å². The Labute approximate surface area is 139 Å². The van der Waals surface area contributed by atoms with E-state index in [0.29, 0.717) is 5.76 Å². The van der Waals surface area contributed by atoms with Gasteiger partial charge in [0.25, 0.3) is 17.5 Å². The first-order valence-corrected chi connectivity index (χ1v) is 6.89. The molecule has 2 heterocycles. The van der Waals surface area contributed by atoms with Gasteiger partial charge in [0.05, 0.1) is 16.7 Å². The van der Waals surface area contributed by atoms with Crippen molar-refractivity contribution in [2.45, 2.75) is 6.61 Å². The van der Waals surface area contributed by atoms with Crippen LogP contribution in [0.2, 0.25) is 5.02 Å². The molecular weight excluding hydrogens is 342 g/mol. The van der Waals surface area contributed by atoms with E-state index in [1.54, 1.807) is 12.1 Å². The molecule has 0 atom stereocenters. The molecule has 0 radical (unpaired) electrons. The third kappa shape index (κ3) is 3.25. The fourth-order valence-electron chi connectivity index (χ4n) is 1.80. The third-order valence-electron chi connectivity index (χ3n) is 2.90. The topological polar surface area (TPSA) is 122 Å². The Morgan fingerprint density at radius 2 is 2.17 bits per heavy atom. The van der Waals surface area contributed by atoms with Crippen molar-refractivity contribution in [1.29, 1.82) is 0 Å². The highest BCUT2D eigenvalue weighted by molar-refractivity contribution is 6.32. The van der Waals surface area contributed by atoms with Crippen molar-refractivity contribution in [3.8, 4) is 11.7 Å². The first kappa shape index (κ1) is 15.7. The zero-order valence-electron chi connectivity index (χ0n) is 11.8. The van der Waals surface area contributed by atoms with Gasteiger partial charge < -0.3 is 13.6 Å². The molecule has 0 fully saturated rings. The average Bonchev–Trinajstić information content (AvgIpc) is 3.24. The largest absolute Gasteiger partial charge is 0.459 e. The molecule has 0 aliphatic rings. The van der Waals surface area contributed by atoms with Gasteiger partial charge in [-0.25, -0.2) is 4.79 Å². The van der Waals surface area contributed by atoms with Gasteiger partial charge in [-0.1, -0.05) is 11.6 Å². The lowest BCUT2D eigenvalue weighted by molar-refractivity contribution is -0.384. The number of nitro benzene ring substituents is 1. The van der Waals surface area contributed by atoms with Crippen LogP contribution < -0.4 is 0 Å². The predicted molar refractivity (Wildman–Crippen MR) is 79.2 cm³/mol. The third-order valence-corrected chi connectivity index (χ3v) is 3.22. The monoisotopic (exact) mass is 349 g/mol. The van der Waals surface area contributed by atoms with Gasteiger partial charge in [-0.15, -0.1) is 10.2 Å². The van der Waals surface area contributed by atoms with Crippen LogP contribution in [-0.4, -0.2) is 21.1 Å². The van der Waals surface area contributed by atoms with Crippen molar-refractivity contribution < 1.29 is 23.3 Å². The SMILES string of the molecule is O=C(OCc1nnc(-c2ccco2)o1)c1ccc(Cl)c([N+](=O)[O-])c1. The molecule has 3 aromatic rings. The van der Waals surface area contributed by atoms with Crippen molar-refractivity contribution in [2.75, 3.05) is 0 Å². The molecule has 0 N–H and O–H groups in total. The van der Waals surface area contributed by atoms with E-state index < -0.39 is 10.9 Å². The summed E-state index contributed by atoms with van der Waals surface area (Å²) < 4.78 is 15.4. The summed E-state index contributed by atoms with van der Waals surface area (Å²) in [5.41, 5.74) is -0.402. The van der Waals surface area contributed by atoms with E-state index in [4.69, 9.17) is 25.2 Å². The average molecular weight is 350 g/mol. The molecule has 0 amide bonds. The molecule has 0 unspecified atom stereocenters. The summed E-state index contributed by atoms with van der Waals surface area (Å²) in [4.78, 5) is 22.1. The van der Waals surface area contributed by atoms with Crippen molar-refractivity contribution in [3.63, 3.8) is 0 Å². The van der Waals surface area contributed by atoms with Crippen LogP contribution in [0.25, 0.3) is 11.7 Å². The summed E-state index contributed by atoms with van der Waals surface area (Å²) in [6, 6.07) is 6.90. The van der Waals surface area contributed by atoms with Gasteiger partial charge in [-0.05, 0) is 24.3 Å². The molecule has 122 valence electrons. The highest BCUT2D eigenvalue weighted by atomic mass is 35.5. The minimum absolute atomic E-state index is 0.0168. The van der Waals surface area contributed by atoms with Crippen LogP contribution in [0.3, 0.4) is 0 Å². The van der Waals surface area contributed by atoms with Crippen LogP contribution in [0.5, 0.6) is 0 Å². The Morgan fingerprint density at radius 3 is 2.88 bits per heavy atom. The first-order chi connectivity index (χ1) is 11.5. The highest BCUT2D eigenvalue weighted by Crippen LogP contribution is 2.25. The fraction of sp³-hybridized carbons (Fsp3) is 0.0714. The smallest absolute Gasteiger partial charge is 0.338 e. The van der Waals surface area contributed by atoms with Crippen LogP contribution in [0.15, 0.2) is 45.4 Å². The van der Waals surface area contributed by atoms with E-state index in [1.165, 1.54) is 18.4 Å². The summed E-state index contributed by atoms with van der Waals surface area (Å²) in [7, 11) is 0. The van der Waals surface area contributed by atoms with Crippen molar-refractivity contribution in [1.82, 2.24) is 10.2 Å². The second-order valence-electron chi connectivity index (χ2n) is 4.48. The molecule has 0 spiro atoms. The quantitative estimate of drug-likeness (QED) is 0.391. The number of nitro groups is 1. The molecule has 0 aliphatic carbocycles. The molecule has 0 saturated carbocycles. The number of esters is 1. The number of hydrogen-bond acceptors (Lipinski definition) is 8. The number of benzene rings is 1. The van der Waals surface area contributed by atoms with Crippen LogP contribution in [0.4, 0.5) is 5.69 Å². The van der Waals surface area contributed by atoms with Gasteiger partial charge in [-0.3, -0.25) is 10.1 Å². The molecule has 3 rings (SSSR count). The first-order valence-electron chi connectivity index (χ1n) is 6.52. The number of nitrogens with zero attached hydrogens (tertiary/aromatic N) is 3. The molecule has 24 heavy (non-hydrogen) atoms. The van der Waals surface area contributed by atoms with Crippen molar-refractivity contribution in [2.24, 2.45) is 0 Å². The van der Waals surface area contributed by atoms with E-state index >= 15 is 0 Å². The summed E-state index contributed by atoms with van der Waals surface area (Å²) in [5, 5.41) is 18.2. The Hall–Kier alpha value is -3.20. The molecular formula is C14H8ClN3O6. The predicted octanol–water partition coefficient (Wildman–Crippen LogP) is 3.25. The van der Waals surface area contributed by atoms with Crippen LogP contribution in [0, 0.1) is 10.1 Å². The van der Waals surface area contributed by atoms with E-state index in [-0.39, 0.29) is 34.7 Å². The van der Waals surface area contributed by atoms with E-state index in [0.717, 1.165) is 6.07 Å². The Kier molecular flexibility index (Phi) is 4.25. The number of carbonyl (C=O) groups is 1. The lowest BCUT2D eigenvalue weighted by Crippen LogP contribution is -2.06. The molecule has 0 bridgehead atoms. The molecule has 2 aromatic heterocycles. The normalized spacial score (nSPS) is 10.5. The number of halogens is 1. The standard InChI is InChI=1S/C14H8ClN3O6/c15-9-4-3-8(6-10(9)18(20)21)14(19)23-7-12-16-17-13(24-12)11-2-1-5-22-11/h1-6H,7H2. The maximum absolute atomic E-state index is 11.9. The van der Waals surface area contributed by atoms with E-state index in [1.807, 2.05) is 0 Å². The molecule has 0 saturated heterocycles. The number of hydrogen-bond donors (Lipinski definition) is 0. The Balaban J connectivity index is 1.68. The Bertz CT molecular complexity index is 890. The van der Waals surface area contributed by atoms with Crippen LogP contribution in [-0.2, 0) is 11.3 Å². The zero-order chi connectivity index (χ0) is 17.1. The summed E-state index contributed by atoms with van der Waals surface area (Å²) >= 11 is 5.68. The van der Waals surface area contributed by atoms with Gasteiger partial charge in [0.15, 0.2) is 12.4 Å². The van der Waals surface area contributed by atoms with Crippen LogP contribution >= 0.6 is 11.6 Å². The van der Waals surface area contributed by atoms with Crippen molar-refractivity contribution >= 4 is 23.3 Å². The van der Waals surface area contributed by atoms with Crippen LogP contribution in [0.1, 0.15) is 16.2 Å². The van der Waals surface area contributed by atoms with Gasteiger partial charge in [-0.2, -0.15) is 0 Å². The van der Waals surface area contributed by atoms with Gasteiger partial charge >= 0.3 is 5.97 Å². The number of aromatic nitrogens is 2. The number of rotatable bonds is 5. The fourth-order valence-corrected chi connectivity index (χ4v) is 1.99. The second kappa shape index (κ2) is 6.50. The molecule has 10 heteroatoms.